The first-order valence-corrected chi connectivity index (χ1v) is 6.24. The van der Waals surface area contributed by atoms with Crippen molar-refractivity contribution in [2.75, 3.05) is 0 Å². The lowest BCUT2D eigenvalue weighted by atomic mass is 10.1. The number of hydrogen-bond donors (Lipinski definition) is 4. The molecule has 0 aliphatic rings. The molecule has 0 spiro atoms. The van der Waals surface area contributed by atoms with Gasteiger partial charge in [0.1, 0.15) is 0 Å². The molecule has 8 nitrogen and oxygen atoms in total. The van der Waals surface area contributed by atoms with E-state index in [2.05, 4.69) is 0 Å². The molecule has 0 aromatic heterocycles. The van der Waals surface area contributed by atoms with Crippen LogP contribution >= 0.6 is 24.8 Å². The van der Waals surface area contributed by atoms with Crippen LogP contribution in [0.25, 0.3) is 0 Å². The van der Waals surface area contributed by atoms with Gasteiger partial charge in [0.25, 0.3) is 0 Å². The number of hydrogen-bond acceptors (Lipinski definition) is 4. The summed E-state index contributed by atoms with van der Waals surface area (Å²) in [5.74, 6) is -3.87. The highest BCUT2D eigenvalue weighted by Gasteiger charge is 2.04. The molecule has 0 fully saturated rings. The molecule has 4 N–H and O–H groups in total. The fraction of sp³-hybridized carbons (Fsp3) is 0.286. The van der Waals surface area contributed by atoms with E-state index >= 15 is 0 Å². The zero-order chi connectivity index (χ0) is 17.1. The van der Waals surface area contributed by atoms with Crippen LogP contribution in [0.4, 0.5) is 0 Å². The van der Waals surface area contributed by atoms with Gasteiger partial charge in [0.2, 0.25) is 0 Å². The van der Waals surface area contributed by atoms with Crippen LogP contribution in [0.5, 0.6) is 0 Å². The summed E-state index contributed by atoms with van der Waals surface area (Å²) in [6.45, 7) is 0. The molecule has 0 saturated carbocycles. The molecular formula is C14H18Cl2O8. The highest BCUT2D eigenvalue weighted by molar-refractivity contribution is 5.91. The van der Waals surface area contributed by atoms with Crippen molar-refractivity contribution in [3.8, 4) is 0 Å². The summed E-state index contributed by atoms with van der Waals surface area (Å²) in [6, 6.07) is 5.02. The van der Waals surface area contributed by atoms with Gasteiger partial charge in [-0.15, -0.1) is 24.8 Å². The first-order valence-electron chi connectivity index (χ1n) is 6.24. The Hall–Kier alpha value is -2.32. The van der Waals surface area contributed by atoms with Crippen molar-refractivity contribution in [1.82, 2.24) is 0 Å². The van der Waals surface area contributed by atoms with Crippen LogP contribution in [0.15, 0.2) is 24.3 Å². The van der Waals surface area contributed by atoms with Crippen molar-refractivity contribution in [3.05, 3.63) is 35.4 Å². The molecule has 1 rings (SSSR count). The highest BCUT2D eigenvalue weighted by Crippen LogP contribution is 2.03. The Bertz CT molecular complexity index is 493. The first-order chi connectivity index (χ1) is 10.2. The van der Waals surface area contributed by atoms with E-state index in [9.17, 15) is 19.2 Å². The van der Waals surface area contributed by atoms with E-state index in [1.165, 1.54) is 24.3 Å². The van der Waals surface area contributed by atoms with E-state index in [1.807, 2.05) is 0 Å². The Kier molecular flexibility index (Phi) is 15.8. The van der Waals surface area contributed by atoms with Gasteiger partial charge < -0.3 is 20.4 Å². The predicted molar refractivity (Wildman–Crippen MR) is 88.6 cm³/mol. The summed E-state index contributed by atoms with van der Waals surface area (Å²) in [4.78, 5) is 40.5. The molecule has 24 heavy (non-hydrogen) atoms. The lowest BCUT2D eigenvalue weighted by Gasteiger charge is -1.94. The van der Waals surface area contributed by atoms with Crippen molar-refractivity contribution >= 4 is 48.7 Å². The summed E-state index contributed by atoms with van der Waals surface area (Å²) in [6.07, 6.45) is 1.02. The average molecular weight is 385 g/mol. The molecule has 1 aromatic carbocycles. The van der Waals surface area contributed by atoms with E-state index in [1.54, 1.807) is 0 Å². The molecule has 10 heteroatoms. The lowest BCUT2D eigenvalue weighted by Crippen LogP contribution is -1.99. The van der Waals surface area contributed by atoms with E-state index in [4.69, 9.17) is 20.4 Å². The van der Waals surface area contributed by atoms with Gasteiger partial charge in [-0.05, 0) is 37.1 Å². The number of aromatic carboxylic acids is 2. The molecule has 0 atom stereocenters. The van der Waals surface area contributed by atoms with Gasteiger partial charge in [0, 0.05) is 12.8 Å². The largest absolute Gasteiger partial charge is 0.481 e. The molecule has 0 saturated heterocycles. The van der Waals surface area contributed by atoms with Crippen LogP contribution in [0, 0.1) is 0 Å². The van der Waals surface area contributed by atoms with E-state index in [0.717, 1.165) is 0 Å². The summed E-state index contributed by atoms with van der Waals surface area (Å²) in [5.41, 5.74) is 0.167. The maximum atomic E-state index is 10.3. The predicted octanol–water partition coefficient (Wildman–Crippen LogP) is 2.64. The van der Waals surface area contributed by atoms with Crippen molar-refractivity contribution in [3.63, 3.8) is 0 Å². The van der Waals surface area contributed by atoms with Gasteiger partial charge in [0.15, 0.2) is 0 Å². The van der Waals surface area contributed by atoms with E-state index < -0.39 is 23.9 Å². The van der Waals surface area contributed by atoms with Crippen LogP contribution < -0.4 is 0 Å². The normalized spacial score (nSPS) is 8.50. The smallest absolute Gasteiger partial charge is 0.335 e. The number of unbranched alkanes of at least 4 members (excludes halogenated alkanes) is 1. The molecule has 1 aromatic rings. The molecule has 0 bridgehead atoms. The zero-order valence-corrected chi connectivity index (χ0v) is 14.0. The Morgan fingerprint density at radius 3 is 1.04 bits per heavy atom. The van der Waals surface area contributed by atoms with E-state index in [-0.39, 0.29) is 48.8 Å². The Balaban J connectivity index is -0.000000345. The molecule has 0 heterocycles. The number of benzene rings is 1. The first kappa shape index (κ1) is 26.6. The summed E-state index contributed by atoms with van der Waals surface area (Å²) < 4.78 is 0. The standard InChI is InChI=1S/C8H6O4.C6H10O4.2ClH/c9-7(10)5-1-2-6(4-3-5)8(11)12;7-5(8)3-1-2-4-6(9)10;;/h1-4H,(H,9,10)(H,11,12);1-4H2,(H,7,8)(H,9,10);2*1H. The third-order valence-corrected chi connectivity index (χ3v) is 2.41. The summed E-state index contributed by atoms with van der Waals surface area (Å²) in [5, 5.41) is 33.2. The van der Waals surface area contributed by atoms with Gasteiger partial charge in [-0.2, -0.15) is 0 Å². The van der Waals surface area contributed by atoms with Crippen molar-refractivity contribution < 1.29 is 39.6 Å². The molecular weight excluding hydrogens is 367 g/mol. The van der Waals surface area contributed by atoms with Gasteiger partial charge in [-0.3, -0.25) is 9.59 Å². The fourth-order valence-electron chi connectivity index (χ4n) is 1.31. The highest BCUT2D eigenvalue weighted by atomic mass is 35.5. The molecule has 0 aliphatic heterocycles. The maximum absolute atomic E-state index is 10.3. The topological polar surface area (TPSA) is 149 Å². The van der Waals surface area contributed by atoms with Crippen molar-refractivity contribution in [2.24, 2.45) is 0 Å². The van der Waals surface area contributed by atoms with Crippen LogP contribution in [0.3, 0.4) is 0 Å². The quantitative estimate of drug-likeness (QED) is 0.523. The Morgan fingerprint density at radius 2 is 0.875 bits per heavy atom. The maximum Gasteiger partial charge on any atom is 0.335 e. The second kappa shape index (κ2) is 14.3. The van der Waals surface area contributed by atoms with Crippen molar-refractivity contribution in [1.29, 1.82) is 0 Å². The minimum absolute atomic E-state index is 0. The third kappa shape index (κ3) is 13.4. The van der Waals surface area contributed by atoms with Crippen LogP contribution in [0.1, 0.15) is 46.4 Å². The van der Waals surface area contributed by atoms with E-state index in [0.29, 0.717) is 12.8 Å². The lowest BCUT2D eigenvalue weighted by molar-refractivity contribution is -0.139. The van der Waals surface area contributed by atoms with Gasteiger partial charge in [-0.1, -0.05) is 0 Å². The van der Waals surface area contributed by atoms with Crippen molar-refractivity contribution in [2.45, 2.75) is 25.7 Å². The molecule has 136 valence electrons. The molecule has 0 amide bonds. The molecule has 0 unspecified atom stereocenters. The number of aliphatic carboxylic acids is 2. The average Bonchev–Trinajstić information content (AvgIpc) is 2.44. The van der Waals surface area contributed by atoms with Gasteiger partial charge in [0.05, 0.1) is 11.1 Å². The number of halogens is 2. The number of carboxylic acid groups (broad SMARTS) is 4. The number of carbonyl (C=O) groups is 4. The van der Waals surface area contributed by atoms with Gasteiger partial charge >= 0.3 is 23.9 Å². The minimum atomic E-state index is -1.06. The Labute approximate surface area is 149 Å². The SMILES string of the molecule is Cl.Cl.O=C(O)CCCCC(=O)O.O=C(O)c1ccc(C(=O)O)cc1. The number of carboxylic acids is 4. The summed E-state index contributed by atoms with van der Waals surface area (Å²) >= 11 is 0. The van der Waals surface area contributed by atoms with Crippen LogP contribution in [-0.4, -0.2) is 44.3 Å². The second-order valence-electron chi connectivity index (χ2n) is 4.18. The van der Waals surface area contributed by atoms with Gasteiger partial charge in [-0.25, -0.2) is 9.59 Å². The summed E-state index contributed by atoms with van der Waals surface area (Å²) in [7, 11) is 0. The molecule has 0 radical (unpaired) electrons. The molecule has 0 aliphatic carbocycles. The fourth-order valence-corrected chi connectivity index (χ4v) is 1.31. The monoisotopic (exact) mass is 384 g/mol. The van der Waals surface area contributed by atoms with Crippen LogP contribution in [0.2, 0.25) is 0 Å². The third-order valence-electron chi connectivity index (χ3n) is 2.41. The number of rotatable bonds is 7. The minimum Gasteiger partial charge on any atom is -0.481 e. The zero-order valence-electron chi connectivity index (χ0n) is 12.4. The Morgan fingerprint density at radius 1 is 0.625 bits per heavy atom. The second-order valence-corrected chi connectivity index (χ2v) is 4.18. The van der Waals surface area contributed by atoms with Crippen LogP contribution in [-0.2, 0) is 9.59 Å².